The van der Waals surface area contributed by atoms with E-state index < -0.39 is 0 Å². The van der Waals surface area contributed by atoms with Crippen LogP contribution in [-0.2, 0) is 13.2 Å². The smallest absolute Gasteiger partial charge is 0.129 e. The molecule has 0 unspecified atom stereocenters. The predicted molar refractivity (Wildman–Crippen MR) is 86.8 cm³/mol. The Hall–Kier alpha value is -1.39. The van der Waals surface area contributed by atoms with E-state index in [1.807, 2.05) is 24.3 Å². The summed E-state index contributed by atoms with van der Waals surface area (Å²) in [5.74, 6) is 0.494. The van der Waals surface area contributed by atoms with E-state index in [9.17, 15) is 4.39 Å². The Labute approximate surface area is 133 Å². The lowest BCUT2D eigenvalue weighted by Crippen LogP contribution is -2.21. The van der Waals surface area contributed by atoms with Crippen molar-refractivity contribution in [1.29, 1.82) is 0 Å². The van der Waals surface area contributed by atoms with E-state index in [1.165, 1.54) is 6.07 Å². The highest BCUT2D eigenvalue weighted by atomic mass is 79.9. The number of benzene rings is 2. The van der Waals surface area contributed by atoms with Crippen molar-refractivity contribution in [1.82, 2.24) is 5.32 Å². The quantitative estimate of drug-likeness (QED) is 0.816. The van der Waals surface area contributed by atoms with E-state index in [-0.39, 0.29) is 12.4 Å². The number of ether oxygens (including phenoxy) is 1. The molecule has 0 aliphatic heterocycles. The van der Waals surface area contributed by atoms with Crippen molar-refractivity contribution in [3.63, 3.8) is 0 Å². The van der Waals surface area contributed by atoms with E-state index in [0.29, 0.717) is 11.6 Å². The summed E-state index contributed by atoms with van der Waals surface area (Å²) in [4.78, 5) is 0. The van der Waals surface area contributed by atoms with Gasteiger partial charge in [0.25, 0.3) is 0 Å². The normalized spacial score (nSPS) is 10.9. The second-order valence-electron chi connectivity index (χ2n) is 5.21. The summed E-state index contributed by atoms with van der Waals surface area (Å²) >= 11 is 3.34. The van der Waals surface area contributed by atoms with Crippen molar-refractivity contribution < 1.29 is 9.13 Å². The van der Waals surface area contributed by atoms with E-state index in [4.69, 9.17) is 4.74 Å². The van der Waals surface area contributed by atoms with Crippen LogP contribution in [-0.4, -0.2) is 6.04 Å². The molecule has 4 heteroatoms. The zero-order valence-electron chi connectivity index (χ0n) is 12.2. The van der Waals surface area contributed by atoms with Crippen molar-refractivity contribution in [2.45, 2.75) is 33.0 Å². The first-order valence-electron chi connectivity index (χ1n) is 6.93. The average molecular weight is 352 g/mol. The maximum absolute atomic E-state index is 13.7. The highest BCUT2D eigenvalue weighted by Crippen LogP contribution is 2.19. The third kappa shape index (κ3) is 5.14. The maximum Gasteiger partial charge on any atom is 0.129 e. The van der Waals surface area contributed by atoms with Crippen molar-refractivity contribution in [3.05, 3.63) is 63.9 Å². The van der Waals surface area contributed by atoms with Gasteiger partial charge in [0.1, 0.15) is 18.2 Å². The van der Waals surface area contributed by atoms with Crippen LogP contribution in [0.3, 0.4) is 0 Å². The molecule has 0 aliphatic rings. The van der Waals surface area contributed by atoms with Crippen LogP contribution < -0.4 is 10.1 Å². The minimum Gasteiger partial charge on any atom is -0.489 e. The number of halogens is 2. The number of hydrogen-bond donors (Lipinski definition) is 1. The topological polar surface area (TPSA) is 21.3 Å². The average Bonchev–Trinajstić information content (AvgIpc) is 2.46. The van der Waals surface area contributed by atoms with Crippen molar-refractivity contribution in [2.24, 2.45) is 0 Å². The second kappa shape index (κ2) is 7.57. The molecule has 2 aromatic carbocycles. The van der Waals surface area contributed by atoms with Gasteiger partial charge in [0.05, 0.1) is 0 Å². The van der Waals surface area contributed by atoms with E-state index in [2.05, 4.69) is 35.1 Å². The van der Waals surface area contributed by atoms with Crippen LogP contribution in [0.5, 0.6) is 5.75 Å². The molecule has 2 aromatic rings. The minimum atomic E-state index is -0.254. The Kier molecular flexibility index (Phi) is 5.76. The third-order valence-corrected chi connectivity index (χ3v) is 3.51. The SMILES string of the molecule is CC(C)NCc1cccc(OCc2cc(Br)ccc2F)c1. The summed E-state index contributed by atoms with van der Waals surface area (Å²) in [7, 11) is 0. The summed E-state index contributed by atoms with van der Waals surface area (Å²) in [5, 5.41) is 3.36. The van der Waals surface area contributed by atoms with Crippen molar-refractivity contribution in [3.8, 4) is 5.75 Å². The predicted octanol–water partition coefficient (Wildman–Crippen LogP) is 4.67. The van der Waals surface area contributed by atoms with Crippen molar-refractivity contribution >= 4 is 15.9 Å². The first kappa shape index (κ1) is 16.0. The van der Waals surface area contributed by atoms with Crippen molar-refractivity contribution in [2.75, 3.05) is 0 Å². The first-order chi connectivity index (χ1) is 10.0. The van der Waals surface area contributed by atoms with Gasteiger partial charge in [0.15, 0.2) is 0 Å². The zero-order chi connectivity index (χ0) is 15.2. The fourth-order valence-electron chi connectivity index (χ4n) is 1.88. The van der Waals surface area contributed by atoms with Gasteiger partial charge in [-0.2, -0.15) is 0 Å². The van der Waals surface area contributed by atoms with E-state index in [0.717, 1.165) is 22.3 Å². The molecular formula is C17H19BrFNO. The Morgan fingerprint density at radius 3 is 2.76 bits per heavy atom. The lowest BCUT2D eigenvalue weighted by atomic mass is 10.2. The van der Waals surface area contributed by atoms with E-state index >= 15 is 0 Å². The third-order valence-electron chi connectivity index (χ3n) is 3.01. The Morgan fingerprint density at radius 1 is 1.19 bits per heavy atom. The largest absolute Gasteiger partial charge is 0.489 e. The molecule has 0 saturated carbocycles. The number of rotatable bonds is 6. The van der Waals surface area contributed by atoms with Gasteiger partial charge in [-0.3, -0.25) is 0 Å². The lowest BCUT2D eigenvalue weighted by Gasteiger charge is -2.11. The van der Waals surface area contributed by atoms with Crippen LogP contribution in [0.2, 0.25) is 0 Å². The Balaban J connectivity index is 1.99. The molecule has 0 radical (unpaired) electrons. The molecule has 0 heterocycles. The fraction of sp³-hybridized carbons (Fsp3) is 0.294. The second-order valence-corrected chi connectivity index (χ2v) is 6.12. The van der Waals surface area contributed by atoms with Gasteiger partial charge in [0, 0.05) is 22.6 Å². The molecule has 1 N–H and O–H groups in total. The molecule has 0 spiro atoms. The molecule has 0 bridgehead atoms. The molecule has 2 nitrogen and oxygen atoms in total. The number of hydrogen-bond acceptors (Lipinski definition) is 2. The molecular weight excluding hydrogens is 333 g/mol. The fourth-order valence-corrected chi connectivity index (χ4v) is 2.29. The zero-order valence-corrected chi connectivity index (χ0v) is 13.8. The summed E-state index contributed by atoms with van der Waals surface area (Å²) in [6.07, 6.45) is 0. The standard InChI is InChI=1S/C17H19BrFNO/c1-12(2)20-10-13-4-3-5-16(8-13)21-11-14-9-15(18)6-7-17(14)19/h3-9,12,20H,10-11H2,1-2H3. The molecule has 0 aliphatic carbocycles. The van der Waals surface area contributed by atoms with Gasteiger partial charge < -0.3 is 10.1 Å². The monoisotopic (exact) mass is 351 g/mol. The van der Waals surface area contributed by atoms with Gasteiger partial charge in [-0.15, -0.1) is 0 Å². The molecule has 21 heavy (non-hydrogen) atoms. The van der Waals surface area contributed by atoms with Crippen LogP contribution in [0.4, 0.5) is 4.39 Å². The molecule has 0 fully saturated rings. The Morgan fingerprint density at radius 2 is 2.00 bits per heavy atom. The van der Waals surface area contributed by atoms with E-state index in [1.54, 1.807) is 12.1 Å². The van der Waals surface area contributed by atoms with Gasteiger partial charge in [-0.05, 0) is 35.9 Å². The first-order valence-corrected chi connectivity index (χ1v) is 7.73. The summed E-state index contributed by atoms with van der Waals surface area (Å²) < 4.78 is 20.2. The van der Waals surface area contributed by atoms with Gasteiger partial charge in [0.2, 0.25) is 0 Å². The summed E-state index contributed by atoms with van der Waals surface area (Å²) in [6.45, 7) is 5.22. The van der Waals surface area contributed by atoms with Crippen LogP contribution in [0, 0.1) is 5.82 Å². The minimum absolute atomic E-state index is 0.215. The van der Waals surface area contributed by atoms with Crippen LogP contribution >= 0.6 is 15.9 Å². The number of nitrogens with one attached hydrogen (secondary N) is 1. The van der Waals surface area contributed by atoms with Crippen LogP contribution in [0.25, 0.3) is 0 Å². The van der Waals surface area contributed by atoms with Gasteiger partial charge in [-0.25, -0.2) is 4.39 Å². The summed E-state index contributed by atoms with van der Waals surface area (Å²) in [6, 6.07) is 13.1. The molecule has 0 amide bonds. The molecule has 0 atom stereocenters. The molecule has 0 saturated heterocycles. The molecule has 112 valence electrons. The molecule has 2 rings (SSSR count). The van der Waals surface area contributed by atoms with Gasteiger partial charge >= 0.3 is 0 Å². The van der Waals surface area contributed by atoms with Crippen LogP contribution in [0.15, 0.2) is 46.9 Å². The lowest BCUT2D eigenvalue weighted by molar-refractivity contribution is 0.299. The maximum atomic E-state index is 13.7. The highest BCUT2D eigenvalue weighted by Gasteiger charge is 2.04. The Bertz CT molecular complexity index is 601. The molecule has 0 aromatic heterocycles. The van der Waals surface area contributed by atoms with Crippen LogP contribution in [0.1, 0.15) is 25.0 Å². The summed E-state index contributed by atoms with van der Waals surface area (Å²) in [5.41, 5.74) is 1.69. The highest BCUT2D eigenvalue weighted by molar-refractivity contribution is 9.10. The van der Waals surface area contributed by atoms with Gasteiger partial charge in [-0.1, -0.05) is 41.9 Å².